The molecule has 1 aliphatic rings. The first-order chi connectivity index (χ1) is 16.5. The van der Waals surface area contributed by atoms with Crippen molar-refractivity contribution in [3.63, 3.8) is 0 Å². The summed E-state index contributed by atoms with van der Waals surface area (Å²) in [6.45, 7) is 2.77. The minimum atomic E-state index is -0.239. The van der Waals surface area contributed by atoms with E-state index in [0.717, 1.165) is 29.0 Å². The molecule has 176 valence electrons. The van der Waals surface area contributed by atoms with Crippen LogP contribution in [0.15, 0.2) is 71.2 Å². The van der Waals surface area contributed by atoms with Crippen molar-refractivity contribution < 1.29 is 19.1 Å². The lowest BCUT2D eigenvalue weighted by Crippen LogP contribution is -2.48. The fourth-order valence-corrected chi connectivity index (χ4v) is 4.26. The quantitative estimate of drug-likeness (QED) is 0.507. The number of carbonyl (C=O) groups excluding carboxylic acids is 2. The molecule has 7 nitrogen and oxygen atoms in total. The molecule has 2 amide bonds. The summed E-state index contributed by atoms with van der Waals surface area (Å²) >= 11 is 3.39. The highest BCUT2D eigenvalue weighted by Crippen LogP contribution is 2.25. The second kappa shape index (κ2) is 10.6. The minimum Gasteiger partial charge on any atom is -0.497 e. The van der Waals surface area contributed by atoms with E-state index in [1.807, 2.05) is 35.2 Å². The van der Waals surface area contributed by atoms with Gasteiger partial charge in [-0.2, -0.15) is 0 Å². The molecule has 0 unspecified atom stereocenters. The van der Waals surface area contributed by atoms with E-state index in [0.29, 0.717) is 35.7 Å². The summed E-state index contributed by atoms with van der Waals surface area (Å²) < 4.78 is 11.3. The Bertz CT molecular complexity index is 1160. The van der Waals surface area contributed by atoms with Crippen molar-refractivity contribution in [2.45, 2.75) is 0 Å². The average Bonchev–Trinajstić information content (AvgIpc) is 2.89. The number of ether oxygens (including phenoxy) is 2. The van der Waals surface area contributed by atoms with Gasteiger partial charge in [0.1, 0.15) is 11.5 Å². The maximum absolute atomic E-state index is 12.8. The van der Waals surface area contributed by atoms with Crippen LogP contribution in [0.4, 0.5) is 11.4 Å². The van der Waals surface area contributed by atoms with Gasteiger partial charge in [-0.15, -0.1) is 0 Å². The highest BCUT2D eigenvalue weighted by Gasteiger charge is 2.22. The number of methoxy groups -OCH3 is 2. The molecule has 4 rings (SSSR count). The number of anilines is 2. The van der Waals surface area contributed by atoms with Gasteiger partial charge >= 0.3 is 0 Å². The zero-order valence-electron chi connectivity index (χ0n) is 19.1. The lowest BCUT2D eigenvalue weighted by Gasteiger charge is -2.36. The minimum absolute atomic E-state index is 0.0309. The number of halogens is 1. The van der Waals surface area contributed by atoms with Crippen molar-refractivity contribution in [2.75, 3.05) is 50.6 Å². The molecule has 3 aromatic rings. The fraction of sp³-hybridized carbons (Fsp3) is 0.231. The van der Waals surface area contributed by atoms with E-state index < -0.39 is 0 Å². The third-order valence-corrected chi connectivity index (χ3v) is 6.29. The standard InChI is InChI=1S/C26H26BrN3O4/c1-33-22-10-3-18(4-11-22)26(32)30-15-13-29(14-16-30)21-8-6-20(7-9-21)28-25(31)23-17-19(27)5-12-24(23)34-2/h3-12,17H,13-16H2,1-2H3,(H,28,31). The van der Waals surface area contributed by atoms with E-state index in [2.05, 4.69) is 26.1 Å². The van der Waals surface area contributed by atoms with Crippen molar-refractivity contribution in [3.05, 3.63) is 82.3 Å². The predicted octanol–water partition coefficient (Wildman–Crippen LogP) is 4.68. The maximum Gasteiger partial charge on any atom is 0.259 e. The summed E-state index contributed by atoms with van der Waals surface area (Å²) in [5, 5.41) is 2.92. The topological polar surface area (TPSA) is 71.1 Å². The molecule has 1 N–H and O–H groups in total. The lowest BCUT2D eigenvalue weighted by atomic mass is 10.1. The van der Waals surface area contributed by atoms with Crippen molar-refractivity contribution >= 4 is 39.1 Å². The van der Waals surface area contributed by atoms with Crippen molar-refractivity contribution in [2.24, 2.45) is 0 Å². The highest BCUT2D eigenvalue weighted by molar-refractivity contribution is 9.10. The number of piperazine rings is 1. The van der Waals surface area contributed by atoms with Crippen LogP contribution >= 0.6 is 15.9 Å². The van der Waals surface area contributed by atoms with E-state index in [9.17, 15) is 9.59 Å². The molecule has 1 aliphatic heterocycles. The maximum atomic E-state index is 12.8. The van der Waals surface area contributed by atoms with Crippen LogP contribution in [0, 0.1) is 0 Å². The fourth-order valence-electron chi connectivity index (χ4n) is 3.90. The van der Waals surface area contributed by atoms with Crippen LogP contribution in [-0.2, 0) is 0 Å². The van der Waals surface area contributed by atoms with Gasteiger partial charge < -0.3 is 24.6 Å². The smallest absolute Gasteiger partial charge is 0.259 e. The van der Waals surface area contributed by atoms with Gasteiger partial charge in [-0.25, -0.2) is 0 Å². The van der Waals surface area contributed by atoms with Gasteiger partial charge in [0.15, 0.2) is 0 Å². The van der Waals surface area contributed by atoms with Gasteiger partial charge in [0, 0.05) is 47.6 Å². The number of hydrogen-bond donors (Lipinski definition) is 1. The molecule has 1 fully saturated rings. The zero-order valence-corrected chi connectivity index (χ0v) is 20.7. The van der Waals surface area contributed by atoms with Gasteiger partial charge in [-0.1, -0.05) is 15.9 Å². The van der Waals surface area contributed by atoms with Crippen LogP contribution < -0.4 is 19.7 Å². The average molecular weight is 524 g/mol. The van der Waals surface area contributed by atoms with Crippen LogP contribution in [0.2, 0.25) is 0 Å². The van der Waals surface area contributed by atoms with Crippen LogP contribution in [0.5, 0.6) is 11.5 Å². The molecule has 0 aromatic heterocycles. The number of rotatable bonds is 6. The lowest BCUT2D eigenvalue weighted by molar-refractivity contribution is 0.0746. The Hall–Kier alpha value is -3.52. The van der Waals surface area contributed by atoms with Crippen molar-refractivity contribution in [3.8, 4) is 11.5 Å². The predicted molar refractivity (Wildman–Crippen MR) is 136 cm³/mol. The number of benzene rings is 3. The van der Waals surface area contributed by atoms with E-state index in [4.69, 9.17) is 9.47 Å². The van der Waals surface area contributed by atoms with Gasteiger partial charge in [0.05, 0.1) is 19.8 Å². The van der Waals surface area contributed by atoms with Gasteiger partial charge in [0.2, 0.25) is 0 Å². The molecule has 0 bridgehead atoms. The van der Waals surface area contributed by atoms with Crippen molar-refractivity contribution in [1.82, 2.24) is 4.90 Å². The summed E-state index contributed by atoms with van der Waals surface area (Å²) in [5.41, 5.74) is 2.87. The number of hydrogen-bond acceptors (Lipinski definition) is 5. The van der Waals surface area contributed by atoms with Crippen molar-refractivity contribution in [1.29, 1.82) is 0 Å². The van der Waals surface area contributed by atoms with E-state index >= 15 is 0 Å². The Morgan fingerprint density at radius 3 is 2.15 bits per heavy atom. The van der Waals surface area contributed by atoms with Crippen LogP contribution in [0.25, 0.3) is 0 Å². The molecule has 1 heterocycles. The number of carbonyl (C=O) groups is 2. The van der Waals surface area contributed by atoms with E-state index in [1.165, 1.54) is 0 Å². The largest absolute Gasteiger partial charge is 0.497 e. The Kier molecular flexibility index (Phi) is 7.37. The highest BCUT2D eigenvalue weighted by atomic mass is 79.9. The van der Waals surface area contributed by atoms with Gasteiger partial charge in [-0.05, 0) is 66.7 Å². The first-order valence-electron chi connectivity index (χ1n) is 10.9. The zero-order chi connectivity index (χ0) is 24.1. The Morgan fingerprint density at radius 1 is 0.853 bits per heavy atom. The molecule has 34 heavy (non-hydrogen) atoms. The number of amides is 2. The molecule has 3 aromatic carbocycles. The third kappa shape index (κ3) is 5.34. The summed E-state index contributed by atoms with van der Waals surface area (Å²) in [5.74, 6) is 1.04. The second-order valence-electron chi connectivity index (χ2n) is 7.85. The van der Waals surface area contributed by atoms with E-state index in [1.54, 1.807) is 50.6 Å². The molecule has 8 heteroatoms. The molecule has 0 saturated carbocycles. The second-order valence-corrected chi connectivity index (χ2v) is 8.77. The molecule has 1 saturated heterocycles. The molecular weight excluding hydrogens is 498 g/mol. The van der Waals surface area contributed by atoms with Crippen LogP contribution in [-0.4, -0.2) is 57.1 Å². The van der Waals surface area contributed by atoms with Crippen LogP contribution in [0.3, 0.4) is 0 Å². The SMILES string of the molecule is COc1ccc(C(=O)N2CCN(c3ccc(NC(=O)c4cc(Br)ccc4OC)cc3)CC2)cc1. The first kappa shape index (κ1) is 23.6. The number of nitrogens with zero attached hydrogens (tertiary/aromatic N) is 2. The molecule has 0 spiro atoms. The Morgan fingerprint density at radius 2 is 1.53 bits per heavy atom. The monoisotopic (exact) mass is 523 g/mol. The summed E-state index contributed by atoms with van der Waals surface area (Å²) in [7, 11) is 3.15. The van der Waals surface area contributed by atoms with E-state index in [-0.39, 0.29) is 11.8 Å². The summed E-state index contributed by atoms with van der Waals surface area (Å²) in [4.78, 5) is 29.6. The van der Waals surface area contributed by atoms with Gasteiger partial charge in [-0.3, -0.25) is 9.59 Å². The van der Waals surface area contributed by atoms with Gasteiger partial charge in [0.25, 0.3) is 11.8 Å². The van der Waals surface area contributed by atoms with Crippen LogP contribution in [0.1, 0.15) is 20.7 Å². The summed E-state index contributed by atoms with van der Waals surface area (Å²) in [6.07, 6.45) is 0. The number of nitrogens with one attached hydrogen (secondary N) is 1. The molecule has 0 radical (unpaired) electrons. The third-order valence-electron chi connectivity index (χ3n) is 5.80. The first-order valence-corrected chi connectivity index (χ1v) is 11.7. The Labute approximate surface area is 207 Å². The Balaban J connectivity index is 1.34. The molecular formula is C26H26BrN3O4. The summed E-state index contributed by atoms with van der Waals surface area (Å²) in [6, 6.07) is 20.2. The normalized spacial score (nSPS) is 13.4. The molecule has 0 atom stereocenters. The molecule has 0 aliphatic carbocycles.